The molecule has 2 aromatic heterocycles. The van der Waals surface area contributed by atoms with Gasteiger partial charge in [0.15, 0.2) is 5.82 Å². The molecular weight excluding hydrogens is 259 g/mol. The zero-order valence-electron chi connectivity index (χ0n) is 10.5. The van der Waals surface area contributed by atoms with E-state index in [9.17, 15) is 4.39 Å². The second-order valence-corrected chi connectivity index (χ2v) is 4.61. The predicted octanol–water partition coefficient (Wildman–Crippen LogP) is 2.14. The second-order valence-electron chi connectivity index (χ2n) is 4.61. The molecule has 4 rings (SSSR count). The fourth-order valence-corrected chi connectivity index (χ4v) is 2.23. The van der Waals surface area contributed by atoms with Crippen molar-refractivity contribution in [2.75, 3.05) is 0 Å². The highest BCUT2D eigenvalue weighted by Gasteiger charge is 2.13. The van der Waals surface area contributed by atoms with Gasteiger partial charge in [-0.25, -0.2) is 9.07 Å². The van der Waals surface area contributed by atoms with Crippen molar-refractivity contribution in [2.24, 2.45) is 0 Å². The summed E-state index contributed by atoms with van der Waals surface area (Å²) in [5, 5.41) is 18.4. The molecule has 0 aliphatic heterocycles. The Kier molecular flexibility index (Phi) is 2.11. The maximum Gasteiger partial charge on any atom is 0.151 e. The second kappa shape index (κ2) is 3.83. The Bertz CT molecular complexity index is 938. The van der Waals surface area contributed by atoms with Gasteiger partial charge in [-0.15, -0.1) is 5.10 Å². The zero-order chi connectivity index (χ0) is 13.7. The average molecular weight is 268 g/mol. The van der Waals surface area contributed by atoms with Gasteiger partial charge in [0.05, 0.1) is 5.52 Å². The van der Waals surface area contributed by atoms with Crippen LogP contribution in [0, 0.1) is 12.7 Å². The van der Waals surface area contributed by atoms with Gasteiger partial charge in [0.1, 0.15) is 22.2 Å². The van der Waals surface area contributed by atoms with Gasteiger partial charge >= 0.3 is 0 Å². The SMILES string of the molecule is Cc1ccc2c(c1)nnn2-c1cc2n[nH]nc2cc1F. The Morgan fingerprint density at radius 3 is 2.70 bits per heavy atom. The van der Waals surface area contributed by atoms with Crippen LogP contribution < -0.4 is 0 Å². The molecule has 20 heavy (non-hydrogen) atoms. The van der Waals surface area contributed by atoms with E-state index in [-0.39, 0.29) is 0 Å². The summed E-state index contributed by atoms with van der Waals surface area (Å²) in [6.45, 7) is 1.97. The molecule has 2 heterocycles. The molecule has 0 atom stereocenters. The van der Waals surface area contributed by atoms with E-state index in [0.717, 1.165) is 16.6 Å². The summed E-state index contributed by atoms with van der Waals surface area (Å²) < 4.78 is 15.7. The zero-order valence-corrected chi connectivity index (χ0v) is 10.5. The first-order valence-electron chi connectivity index (χ1n) is 6.05. The molecule has 0 fully saturated rings. The van der Waals surface area contributed by atoms with Crippen LogP contribution in [-0.4, -0.2) is 30.4 Å². The van der Waals surface area contributed by atoms with Crippen LogP contribution >= 0.6 is 0 Å². The largest absolute Gasteiger partial charge is 0.210 e. The molecule has 7 heteroatoms. The third-order valence-corrected chi connectivity index (χ3v) is 3.21. The first kappa shape index (κ1) is 11.0. The number of aromatic amines is 1. The smallest absolute Gasteiger partial charge is 0.151 e. The molecule has 4 aromatic rings. The highest BCUT2D eigenvalue weighted by Crippen LogP contribution is 2.22. The topological polar surface area (TPSA) is 72.3 Å². The summed E-state index contributed by atoms with van der Waals surface area (Å²) in [4.78, 5) is 0. The lowest BCUT2D eigenvalue weighted by molar-refractivity contribution is 0.611. The minimum absolute atomic E-state index is 0.303. The van der Waals surface area contributed by atoms with Crippen molar-refractivity contribution in [1.82, 2.24) is 30.4 Å². The van der Waals surface area contributed by atoms with Crippen molar-refractivity contribution in [2.45, 2.75) is 6.92 Å². The molecule has 2 aromatic carbocycles. The van der Waals surface area contributed by atoms with Gasteiger partial charge < -0.3 is 0 Å². The van der Waals surface area contributed by atoms with Crippen molar-refractivity contribution in [3.63, 3.8) is 0 Å². The highest BCUT2D eigenvalue weighted by atomic mass is 19.1. The van der Waals surface area contributed by atoms with Crippen molar-refractivity contribution in [3.05, 3.63) is 41.7 Å². The van der Waals surface area contributed by atoms with E-state index in [1.807, 2.05) is 25.1 Å². The number of aromatic nitrogens is 6. The molecule has 0 amide bonds. The van der Waals surface area contributed by atoms with Gasteiger partial charge in [-0.2, -0.15) is 15.4 Å². The molecule has 0 bridgehead atoms. The molecular formula is C13H9FN6. The molecule has 0 radical (unpaired) electrons. The fourth-order valence-electron chi connectivity index (χ4n) is 2.23. The normalized spacial score (nSPS) is 11.5. The fraction of sp³-hybridized carbons (Fsp3) is 0.0769. The van der Waals surface area contributed by atoms with E-state index in [2.05, 4.69) is 25.7 Å². The van der Waals surface area contributed by atoms with Crippen LogP contribution in [0.2, 0.25) is 0 Å². The van der Waals surface area contributed by atoms with Gasteiger partial charge in [0.2, 0.25) is 0 Å². The van der Waals surface area contributed by atoms with Gasteiger partial charge in [-0.3, -0.25) is 0 Å². The number of hydrogen-bond donors (Lipinski definition) is 1. The highest BCUT2D eigenvalue weighted by molar-refractivity contribution is 5.80. The number of rotatable bonds is 1. The van der Waals surface area contributed by atoms with Gasteiger partial charge in [-0.05, 0) is 30.7 Å². The Morgan fingerprint density at radius 1 is 1.05 bits per heavy atom. The number of H-pyrrole nitrogens is 1. The number of halogens is 1. The van der Waals surface area contributed by atoms with E-state index in [4.69, 9.17) is 0 Å². The first-order valence-corrected chi connectivity index (χ1v) is 6.05. The monoisotopic (exact) mass is 268 g/mol. The minimum atomic E-state index is -0.418. The van der Waals surface area contributed by atoms with Crippen molar-refractivity contribution in [1.29, 1.82) is 0 Å². The molecule has 0 saturated heterocycles. The van der Waals surface area contributed by atoms with Crippen LogP contribution in [0.15, 0.2) is 30.3 Å². The predicted molar refractivity (Wildman–Crippen MR) is 71.0 cm³/mol. The number of fused-ring (bicyclic) bond motifs is 2. The Hall–Kier alpha value is -2.83. The lowest BCUT2D eigenvalue weighted by Gasteiger charge is -2.03. The average Bonchev–Trinajstić information content (AvgIpc) is 3.03. The lowest BCUT2D eigenvalue weighted by Crippen LogP contribution is -2.00. The minimum Gasteiger partial charge on any atom is -0.210 e. The molecule has 0 spiro atoms. The molecule has 0 aliphatic carbocycles. The summed E-state index contributed by atoms with van der Waals surface area (Å²) in [5.41, 5.74) is 3.92. The van der Waals surface area contributed by atoms with Crippen LogP contribution in [0.25, 0.3) is 27.8 Å². The lowest BCUT2D eigenvalue weighted by atomic mass is 10.2. The van der Waals surface area contributed by atoms with Crippen LogP contribution in [0.1, 0.15) is 5.56 Å². The first-order chi connectivity index (χ1) is 9.72. The summed E-state index contributed by atoms with van der Waals surface area (Å²) >= 11 is 0. The van der Waals surface area contributed by atoms with E-state index in [0.29, 0.717) is 16.7 Å². The molecule has 98 valence electrons. The van der Waals surface area contributed by atoms with Gasteiger partial charge in [0.25, 0.3) is 0 Å². The Labute approximate surface area is 112 Å². The van der Waals surface area contributed by atoms with E-state index < -0.39 is 5.82 Å². The Morgan fingerprint density at radius 2 is 1.85 bits per heavy atom. The molecule has 0 saturated carbocycles. The van der Waals surface area contributed by atoms with Crippen LogP contribution in [-0.2, 0) is 0 Å². The van der Waals surface area contributed by atoms with E-state index >= 15 is 0 Å². The molecule has 0 unspecified atom stereocenters. The van der Waals surface area contributed by atoms with Gasteiger partial charge in [0, 0.05) is 6.07 Å². The summed E-state index contributed by atoms with van der Waals surface area (Å²) in [6.07, 6.45) is 0. The number of nitrogens with one attached hydrogen (secondary N) is 1. The number of hydrogen-bond acceptors (Lipinski definition) is 4. The van der Waals surface area contributed by atoms with Gasteiger partial charge in [-0.1, -0.05) is 11.3 Å². The molecule has 6 nitrogen and oxygen atoms in total. The quantitative estimate of drug-likeness (QED) is 0.574. The molecule has 1 N–H and O–H groups in total. The summed E-state index contributed by atoms with van der Waals surface area (Å²) in [6, 6.07) is 8.65. The summed E-state index contributed by atoms with van der Waals surface area (Å²) in [7, 11) is 0. The van der Waals surface area contributed by atoms with Crippen LogP contribution in [0.5, 0.6) is 0 Å². The number of benzene rings is 2. The van der Waals surface area contributed by atoms with Crippen LogP contribution in [0.4, 0.5) is 4.39 Å². The maximum atomic E-state index is 14.2. The number of nitrogens with zero attached hydrogens (tertiary/aromatic N) is 5. The third kappa shape index (κ3) is 1.49. The van der Waals surface area contributed by atoms with Crippen molar-refractivity contribution in [3.8, 4) is 5.69 Å². The van der Waals surface area contributed by atoms with Crippen LogP contribution in [0.3, 0.4) is 0 Å². The Balaban J connectivity index is 2.02. The third-order valence-electron chi connectivity index (χ3n) is 3.21. The number of aryl methyl sites for hydroxylation is 1. The van der Waals surface area contributed by atoms with E-state index in [1.165, 1.54) is 10.7 Å². The van der Waals surface area contributed by atoms with Crippen molar-refractivity contribution >= 4 is 22.1 Å². The maximum absolute atomic E-state index is 14.2. The molecule has 0 aliphatic rings. The van der Waals surface area contributed by atoms with Crippen molar-refractivity contribution < 1.29 is 4.39 Å². The summed E-state index contributed by atoms with van der Waals surface area (Å²) in [5.74, 6) is -0.418. The standard InChI is InChI=1S/C13H9FN6/c1-7-2-3-12-11(4-7)17-19-20(12)13-6-10-9(5-8(13)14)15-18-16-10/h2-6H,1H3,(H,15,16,18). The van der Waals surface area contributed by atoms with E-state index in [1.54, 1.807) is 6.07 Å².